The second kappa shape index (κ2) is 10.7. The zero-order chi connectivity index (χ0) is 20.5. The Morgan fingerprint density at radius 3 is 2.39 bits per heavy atom. The molecule has 0 aliphatic heterocycles. The summed E-state index contributed by atoms with van der Waals surface area (Å²) >= 11 is 5.98. The Balaban J connectivity index is 1.82. The van der Waals surface area contributed by atoms with Gasteiger partial charge in [0.05, 0.1) is 20.2 Å². The van der Waals surface area contributed by atoms with Gasteiger partial charge >= 0.3 is 0 Å². The summed E-state index contributed by atoms with van der Waals surface area (Å²) in [5.74, 6) is 0.452. The number of rotatable bonds is 9. The molecule has 0 saturated heterocycles. The molecule has 150 valence electrons. The quantitative estimate of drug-likeness (QED) is 0.674. The molecule has 2 N–H and O–H groups in total. The van der Waals surface area contributed by atoms with Crippen molar-refractivity contribution in [2.75, 3.05) is 32.1 Å². The highest BCUT2D eigenvalue weighted by atomic mass is 35.5. The van der Waals surface area contributed by atoms with E-state index in [9.17, 15) is 9.59 Å². The number of carbonyl (C=O) groups excluding carboxylic acids is 2. The molecule has 2 rings (SSSR count). The highest BCUT2D eigenvalue weighted by Crippen LogP contribution is 2.20. The van der Waals surface area contributed by atoms with Gasteiger partial charge in [-0.05, 0) is 48.9 Å². The van der Waals surface area contributed by atoms with Crippen molar-refractivity contribution in [1.82, 2.24) is 10.2 Å². The largest absolute Gasteiger partial charge is 0.497 e. The Hall–Kier alpha value is -2.57. The van der Waals surface area contributed by atoms with Crippen LogP contribution >= 0.6 is 11.6 Å². The van der Waals surface area contributed by atoms with Crippen LogP contribution in [0.15, 0.2) is 42.5 Å². The van der Waals surface area contributed by atoms with Gasteiger partial charge < -0.3 is 15.4 Å². The van der Waals surface area contributed by atoms with Gasteiger partial charge in [-0.15, -0.1) is 0 Å². The van der Waals surface area contributed by atoms with E-state index < -0.39 is 0 Å². The summed E-state index contributed by atoms with van der Waals surface area (Å²) in [5, 5.41) is 6.28. The number of nitrogens with zero attached hydrogens (tertiary/aromatic N) is 1. The average Bonchev–Trinajstić information content (AvgIpc) is 2.69. The Kier molecular flexibility index (Phi) is 8.29. The maximum Gasteiger partial charge on any atom is 0.238 e. The number of aryl methyl sites for hydroxylation is 1. The lowest BCUT2D eigenvalue weighted by molar-refractivity contribution is -0.123. The zero-order valence-corrected chi connectivity index (χ0v) is 17.2. The van der Waals surface area contributed by atoms with Crippen LogP contribution in [0.25, 0.3) is 0 Å². The number of anilines is 1. The van der Waals surface area contributed by atoms with E-state index in [1.165, 1.54) is 0 Å². The third kappa shape index (κ3) is 6.87. The van der Waals surface area contributed by atoms with Crippen LogP contribution in [0, 0.1) is 6.92 Å². The van der Waals surface area contributed by atoms with Crippen molar-refractivity contribution < 1.29 is 14.3 Å². The molecule has 0 spiro atoms. The zero-order valence-electron chi connectivity index (χ0n) is 16.4. The van der Waals surface area contributed by atoms with E-state index >= 15 is 0 Å². The number of hydrogen-bond acceptors (Lipinski definition) is 4. The first-order chi connectivity index (χ1) is 13.4. The topological polar surface area (TPSA) is 70.7 Å². The van der Waals surface area contributed by atoms with Crippen molar-refractivity contribution in [3.05, 3.63) is 58.6 Å². The highest BCUT2D eigenvalue weighted by Gasteiger charge is 2.14. The maximum atomic E-state index is 12.3. The van der Waals surface area contributed by atoms with E-state index in [2.05, 4.69) is 10.6 Å². The summed E-state index contributed by atoms with van der Waals surface area (Å²) in [6.07, 6.45) is 0. The van der Waals surface area contributed by atoms with Crippen molar-refractivity contribution in [2.24, 2.45) is 0 Å². The fourth-order valence-corrected chi connectivity index (χ4v) is 2.78. The van der Waals surface area contributed by atoms with Gasteiger partial charge in [-0.3, -0.25) is 14.5 Å². The van der Waals surface area contributed by atoms with E-state index in [1.807, 2.05) is 44.2 Å². The average molecular weight is 404 g/mol. The number of benzene rings is 2. The molecule has 0 atom stereocenters. The second-order valence-corrected chi connectivity index (χ2v) is 6.87. The first kappa shape index (κ1) is 21.7. The van der Waals surface area contributed by atoms with Gasteiger partial charge in [-0.1, -0.05) is 36.7 Å². The van der Waals surface area contributed by atoms with Gasteiger partial charge in [0.15, 0.2) is 0 Å². The van der Waals surface area contributed by atoms with Crippen LogP contribution in [0.3, 0.4) is 0 Å². The van der Waals surface area contributed by atoms with E-state index in [0.29, 0.717) is 23.8 Å². The van der Waals surface area contributed by atoms with Gasteiger partial charge in [-0.25, -0.2) is 0 Å². The molecule has 0 fully saturated rings. The summed E-state index contributed by atoms with van der Waals surface area (Å²) in [6.45, 7) is 5.09. The third-order valence-corrected chi connectivity index (χ3v) is 4.54. The monoisotopic (exact) mass is 403 g/mol. The number of amides is 2. The summed E-state index contributed by atoms with van der Waals surface area (Å²) in [6, 6.07) is 12.8. The lowest BCUT2D eigenvalue weighted by atomic mass is 10.2. The lowest BCUT2D eigenvalue weighted by Gasteiger charge is -2.20. The lowest BCUT2D eigenvalue weighted by Crippen LogP contribution is -2.40. The number of likely N-dealkylation sites (N-methyl/N-ethyl adjacent to an activating group) is 1. The van der Waals surface area contributed by atoms with Crippen LogP contribution in [0.2, 0.25) is 5.02 Å². The number of methoxy groups -OCH3 is 1. The smallest absolute Gasteiger partial charge is 0.238 e. The molecule has 0 aromatic heterocycles. The second-order valence-electron chi connectivity index (χ2n) is 6.44. The van der Waals surface area contributed by atoms with Crippen LogP contribution in [-0.2, 0) is 16.1 Å². The molecule has 0 heterocycles. The van der Waals surface area contributed by atoms with Crippen LogP contribution < -0.4 is 15.4 Å². The molecule has 28 heavy (non-hydrogen) atoms. The summed E-state index contributed by atoms with van der Waals surface area (Å²) < 4.78 is 5.12. The molecule has 0 bridgehead atoms. The Morgan fingerprint density at radius 2 is 1.75 bits per heavy atom. The maximum absolute atomic E-state index is 12.3. The predicted octanol–water partition coefficient (Wildman–Crippen LogP) is 3.23. The normalized spacial score (nSPS) is 10.6. The fourth-order valence-electron chi connectivity index (χ4n) is 2.60. The molecule has 7 heteroatoms. The molecular formula is C21H26ClN3O3. The number of hydrogen-bond donors (Lipinski definition) is 2. The van der Waals surface area contributed by atoms with Crippen molar-refractivity contribution in [3.8, 4) is 5.75 Å². The highest BCUT2D eigenvalue weighted by molar-refractivity contribution is 6.31. The van der Waals surface area contributed by atoms with E-state index in [0.717, 1.165) is 16.9 Å². The van der Waals surface area contributed by atoms with Gasteiger partial charge in [0.25, 0.3) is 0 Å². The molecular weight excluding hydrogens is 378 g/mol. The molecule has 6 nitrogen and oxygen atoms in total. The van der Waals surface area contributed by atoms with E-state index in [1.54, 1.807) is 24.1 Å². The fraction of sp³-hybridized carbons (Fsp3) is 0.333. The minimum Gasteiger partial charge on any atom is -0.497 e. The molecule has 0 saturated carbocycles. The molecule has 2 aromatic rings. The minimum atomic E-state index is -0.185. The Bertz CT molecular complexity index is 809. The van der Waals surface area contributed by atoms with E-state index in [-0.39, 0.29) is 24.9 Å². The first-order valence-electron chi connectivity index (χ1n) is 9.09. The Morgan fingerprint density at radius 1 is 1.07 bits per heavy atom. The molecule has 0 aliphatic carbocycles. The van der Waals surface area contributed by atoms with Crippen LogP contribution in [0.4, 0.5) is 5.69 Å². The van der Waals surface area contributed by atoms with Gasteiger partial charge in [0, 0.05) is 17.3 Å². The van der Waals surface area contributed by atoms with Gasteiger partial charge in [0.2, 0.25) is 11.8 Å². The van der Waals surface area contributed by atoms with Crippen LogP contribution in [0.1, 0.15) is 18.1 Å². The predicted molar refractivity (Wildman–Crippen MR) is 112 cm³/mol. The summed E-state index contributed by atoms with van der Waals surface area (Å²) in [4.78, 5) is 26.3. The van der Waals surface area contributed by atoms with Crippen LogP contribution in [-0.4, -0.2) is 43.5 Å². The van der Waals surface area contributed by atoms with Crippen molar-refractivity contribution in [2.45, 2.75) is 20.4 Å². The number of ether oxygens (including phenoxy) is 1. The number of halogens is 1. The van der Waals surface area contributed by atoms with Gasteiger partial charge in [0.1, 0.15) is 5.75 Å². The Labute approximate surface area is 170 Å². The van der Waals surface area contributed by atoms with E-state index in [4.69, 9.17) is 16.3 Å². The van der Waals surface area contributed by atoms with Crippen molar-refractivity contribution in [1.29, 1.82) is 0 Å². The molecule has 0 unspecified atom stereocenters. The number of nitrogens with one attached hydrogen (secondary N) is 2. The van der Waals surface area contributed by atoms with Crippen LogP contribution in [0.5, 0.6) is 5.75 Å². The summed E-state index contributed by atoms with van der Waals surface area (Å²) in [5.41, 5.74) is 2.59. The van der Waals surface area contributed by atoms with Crippen molar-refractivity contribution >= 4 is 29.1 Å². The third-order valence-electron chi connectivity index (χ3n) is 4.30. The SMILES string of the molecule is CCN(CC(=O)NCc1ccc(OC)cc1)CC(=O)Nc1cc(Cl)ccc1C. The standard InChI is InChI=1S/C21H26ClN3O3/c1-4-25(14-21(27)24-19-11-17(22)8-5-15(19)2)13-20(26)23-12-16-6-9-18(28-3)10-7-16/h5-11H,4,12-14H2,1-3H3,(H,23,26)(H,24,27). The van der Waals surface area contributed by atoms with Crippen molar-refractivity contribution in [3.63, 3.8) is 0 Å². The first-order valence-corrected chi connectivity index (χ1v) is 9.47. The molecule has 0 radical (unpaired) electrons. The van der Waals surface area contributed by atoms with Gasteiger partial charge in [-0.2, -0.15) is 0 Å². The molecule has 0 aliphatic rings. The minimum absolute atomic E-state index is 0.123. The molecule has 2 amide bonds. The number of carbonyl (C=O) groups is 2. The summed E-state index contributed by atoms with van der Waals surface area (Å²) in [7, 11) is 1.61. The molecule has 2 aromatic carbocycles.